The van der Waals surface area contributed by atoms with Crippen LogP contribution in [0.2, 0.25) is 5.02 Å². The van der Waals surface area contributed by atoms with Gasteiger partial charge in [-0.15, -0.1) is 10.2 Å². The number of Topliss-reactive ketones (excluding diaryl/α,β-unsaturated/α-hetero) is 1. The first kappa shape index (κ1) is 16.9. The van der Waals surface area contributed by atoms with Crippen molar-refractivity contribution in [3.63, 3.8) is 0 Å². The first-order valence-corrected chi connectivity index (χ1v) is 10.2. The molecule has 25 heavy (non-hydrogen) atoms. The molecular formula is C18H21ClN4OS. The molecule has 0 atom stereocenters. The van der Waals surface area contributed by atoms with E-state index in [2.05, 4.69) is 19.7 Å². The van der Waals surface area contributed by atoms with Crippen molar-refractivity contribution >= 4 is 35.1 Å². The number of carbonyl (C=O) groups is 1. The van der Waals surface area contributed by atoms with Crippen LogP contribution in [0.4, 0.5) is 5.95 Å². The SMILES string of the molecule is O=C(CSc1nnc(N2CCCCC2)n1C1CC1)c1cccc(Cl)c1. The Hall–Kier alpha value is -1.53. The molecule has 0 unspecified atom stereocenters. The molecule has 4 rings (SSSR count). The van der Waals surface area contributed by atoms with Gasteiger partial charge in [0.25, 0.3) is 0 Å². The van der Waals surface area contributed by atoms with Gasteiger partial charge in [0.15, 0.2) is 10.9 Å². The highest BCUT2D eigenvalue weighted by molar-refractivity contribution is 7.99. The van der Waals surface area contributed by atoms with Crippen LogP contribution in [-0.4, -0.2) is 39.4 Å². The van der Waals surface area contributed by atoms with Crippen molar-refractivity contribution in [2.45, 2.75) is 43.3 Å². The number of ketones is 1. The van der Waals surface area contributed by atoms with Crippen LogP contribution in [0.15, 0.2) is 29.4 Å². The molecule has 0 N–H and O–H groups in total. The summed E-state index contributed by atoms with van der Waals surface area (Å²) in [7, 11) is 0. The fourth-order valence-electron chi connectivity index (χ4n) is 3.20. The molecular weight excluding hydrogens is 356 g/mol. The van der Waals surface area contributed by atoms with Crippen LogP contribution in [-0.2, 0) is 0 Å². The molecule has 1 saturated heterocycles. The van der Waals surface area contributed by atoms with Crippen LogP contribution in [0.5, 0.6) is 0 Å². The Kier molecular flexibility index (Phi) is 4.99. The van der Waals surface area contributed by atoms with E-state index in [1.165, 1.54) is 43.9 Å². The Balaban J connectivity index is 1.49. The molecule has 7 heteroatoms. The maximum absolute atomic E-state index is 12.4. The molecule has 1 saturated carbocycles. The minimum Gasteiger partial charge on any atom is -0.341 e. The fourth-order valence-corrected chi connectivity index (χ4v) is 4.29. The number of anilines is 1. The van der Waals surface area contributed by atoms with Crippen molar-refractivity contribution in [1.29, 1.82) is 0 Å². The third-order valence-corrected chi connectivity index (χ3v) is 5.85. The summed E-state index contributed by atoms with van der Waals surface area (Å²) >= 11 is 7.46. The molecule has 2 aromatic rings. The number of benzene rings is 1. The van der Waals surface area contributed by atoms with E-state index in [1.807, 2.05) is 0 Å². The van der Waals surface area contributed by atoms with E-state index >= 15 is 0 Å². The van der Waals surface area contributed by atoms with Gasteiger partial charge in [0.1, 0.15) is 0 Å². The lowest BCUT2D eigenvalue weighted by Gasteiger charge is -2.27. The molecule has 0 bridgehead atoms. The lowest BCUT2D eigenvalue weighted by atomic mass is 10.1. The Bertz CT molecular complexity index is 768. The first-order valence-electron chi connectivity index (χ1n) is 8.84. The zero-order valence-corrected chi connectivity index (χ0v) is 15.6. The third kappa shape index (κ3) is 3.85. The summed E-state index contributed by atoms with van der Waals surface area (Å²) in [6.45, 7) is 2.11. The summed E-state index contributed by atoms with van der Waals surface area (Å²) in [6.07, 6.45) is 6.08. The highest BCUT2D eigenvalue weighted by atomic mass is 35.5. The van der Waals surface area contributed by atoms with Crippen molar-refractivity contribution in [1.82, 2.24) is 14.8 Å². The van der Waals surface area contributed by atoms with Gasteiger partial charge in [-0.3, -0.25) is 9.36 Å². The van der Waals surface area contributed by atoms with Gasteiger partial charge in [0.2, 0.25) is 5.95 Å². The molecule has 1 aliphatic carbocycles. The number of rotatable bonds is 6. The van der Waals surface area contributed by atoms with Gasteiger partial charge < -0.3 is 4.90 Å². The molecule has 0 amide bonds. The molecule has 132 valence electrons. The van der Waals surface area contributed by atoms with Crippen LogP contribution < -0.4 is 4.90 Å². The van der Waals surface area contributed by atoms with Crippen molar-refractivity contribution in [3.8, 4) is 0 Å². The average molecular weight is 377 g/mol. The van der Waals surface area contributed by atoms with Crippen molar-refractivity contribution in [2.75, 3.05) is 23.7 Å². The maximum atomic E-state index is 12.4. The predicted octanol–water partition coefficient (Wildman–Crippen LogP) is 4.23. The van der Waals surface area contributed by atoms with Crippen LogP contribution >= 0.6 is 23.4 Å². The van der Waals surface area contributed by atoms with E-state index in [4.69, 9.17) is 11.6 Å². The minimum atomic E-state index is 0.0670. The van der Waals surface area contributed by atoms with Gasteiger partial charge in [0.05, 0.1) is 5.75 Å². The molecule has 2 heterocycles. The molecule has 5 nitrogen and oxygen atoms in total. The highest BCUT2D eigenvalue weighted by Gasteiger charge is 2.32. The maximum Gasteiger partial charge on any atom is 0.228 e. The van der Waals surface area contributed by atoms with Crippen molar-refractivity contribution in [2.24, 2.45) is 0 Å². The molecule has 1 aliphatic heterocycles. The Morgan fingerprint density at radius 3 is 2.72 bits per heavy atom. The predicted molar refractivity (Wildman–Crippen MR) is 101 cm³/mol. The molecule has 0 spiro atoms. The molecule has 1 aromatic heterocycles. The number of carbonyl (C=O) groups excluding carboxylic acids is 1. The smallest absolute Gasteiger partial charge is 0.228 e. The second-order valence-corrected chi connectivity index (χ2v) is 8.03. The fraction of sp³-hybridized carbons (Fsp3) is 0.500. The van der Waals surface area contributed by atoms with Crippen LogP contribution in [0.25, 0.3) is 0 Å². The van der Waals surface area contributed by atoms with E-state index < -0.39 is 0 Å². The number of piperidine rings is 1. The lowest BCUT2D eigenvalue weighted by Crippen LogP contribution is -2.31. The summed E-state index contributed by atoms with van der Waals surface area (Å²) in [5, 5.41) is 10.3. The number of halogens is 1. The van der Waals surface area contributed by atoms with Gasteiger partial charge in [0, 0.05) is 29.7 Å². The number of hydrogen-bond acceptors (Lipinski definition) is 5. The van der Waals surface area contributed by atoms with E-state index in [1.54, 1.807) is 24.3 Å². The Morgan fingerprint density at radius 1 is 1.20 bits per heavy atom. The largest absolute Gasteiger partial charge is 0.341 e. The molecule has 1 aromatic carbocycles. The zero-order valence-electron chi connectivity index (χ0n) is 14.0. The second-order valence-electron chi connectivity index (χ2n) is 6.65. The summed E-state index contributed by atoms with van der Waals surface area (Å²) in [5.41, 5.74) is 0.647. The van der Waals surface area contributed by atoms with Gasteiger partial charge in [-0.05, 0) is 44.2 Å². The molecule has 2 fully saturated rings. The first-order chi connectivity index (χ1) is 12.2. The molecule has 2 aliphatic rings. The Morgan fingerprint density at radius 2 is 2.00 bits per heavy atom. The monoisotopic (exact) mass is 376 g/mol. The van der Waals surface area contributed by atoms with Crippen molar-refractivity contribution in [3.05, 3.63) is 34.9 Å². The summed E-state index contributed by atoms with van der Waals surface area (Å²) in [6, 6.07) is 7.60. The summed E-state index contributed by atoms with van der Waals surface area (Å²) in [5.74, 6) is 1.41. The van der Waals surface area contributed by atoms with Gasteiger partial charge in [-0.1, -0.05) is 35.5 Å². The van der Waals surface area contributed by atoms with Gasteiger partial charge in [-0.25, -0.2) is 0 Å². The average Bonchev–Trinajstić information content (AvgIpc) is 3.39. The normalized spacial score (nSPS) is 17.7. The van der Waals surface area contributed by atoms with Gasteiger partial charge in [-0.2, -0.15) is 0 Å². The van der Waals surface area contributed by atoms with E-state index in [0.717, 1.165) is 24.2 Å². The lowest BCUT2D eigenvalue weighted by molar-refractivity contribution is 0.102. The van der Waals surface area contributed by atoms with E-state index in [0.29, 0.717) is 22.4 Å². The van der Waals surface area contributed by atoms with Gasteiger partial charge >= 0.3 is 0 Å². The topological polar surface area (TPSA) is 51.0 Å². The number of hydrogen-bond donors (Lipinski definition) is 0. The Labute approximate surface area is 156 Å². The zero-order chi connectivity index (χ0) is 17.2. The summed E-state index contributed by atoms with van der Waals surface area (Å²) in [4.78, 5) is 14.8. The number of nitrogens with zero attached hydrogens (tertiary/aromatic N) is 4. The number of thioether (sulfide) groups is 1. The standard InChI is InChI=1S/C18H21ClN4OS/c19-14-6-4-5-13(11-14)16(24)12-25-18-21-20-17(23(18)15-7-8-15)22-9-2-1-3-10-22/h4-6,11,15H,1-3,7-10,12H2. The van der Waals surface area contributed by atoms with Crippen LogP contribution in [0.1, 0.15) is 48.5 Å². The second kappa shape index (κ2) is 7.38. The third-order valence-electron chi connectivity index (χ3n) is 4.68. The van der Waals surface area contributed by atoms with Crippen LogP contribution in [0.3, 0.4) is 0 Å². The van der Waals surface area contributed by atoms with Crippen LogP contribution in [0, 0.1) is 0 Å². The summed E-state index contributed by atoms with van der Waals surface area (Å²) < 4.78 is 2.25. The number of aromatic nitrogens is 3. The highest BCUT2D eigenvalue weighted by Crippen LogP contribution is 2.41. The quantitative estimate of drug-likeness (QED) is 0.557. The minimum absolute atomic E-state index is 0.0670. The van der Waals surface area contributed by atoms with E-state index in [-0.39, 0.29) is 5.78 Å². The van der Waals surface area contributed by atoms with Crippen molar-refractivity contribution < 1.29 is 4.79 Å². The van der Waals surface area contributed by atoms with E-state index in [9.17, 15) is 4.79 Å². The molecule has 0 radical (unpaired) electrons.